The van der Waals surface area contributed by atoms with Crippen molar-refractivity contribution in [1.29, 1.82) is 0 Å². The first-order chi connectivity index (χ1) is 9.40. The molecule has 20 heavy (non-hydrogen) atoms. The molecule has 0 aliphatic rings. The first-order valence-corrected chi connectivity index (χ1v) is 7.74. The largest absolute Gasteiger partial charge is 0.393 e. The number of aliphatic hydroxyl groups excluding tert-OH is 1. The Bertz CT molecular complexity index is 436. The Morgan fingerprint density at radius 3 is 2.60 bits per heavy atom. The minimum atomic E-state index is -0.394. The van der Waals surface area contributed by atoms with E-state index in [1.54, 1.807) is 30.6 Å². The number of para-hydroxylation sites is 1. The monoisotopic (exact) mass is 296 g/mol. The van der Waals surface area contributed by atoms with E-state index in [4.69, 9.17) is 0 Å². The Balaban J connectivity index is 2.65. The van der Waals surface area contributed by atoms with Crippen LogP contribution in [0.4, 0.5) is 10.5 Å². The maximum Gasteiger partial charge on any atom is 0.321 e. The molecular formula is C15H24N2O2S. The number of urea groups is 1. The van der Waals surface area contributed by atoms with Gasteiger partial charge >= 0.3 is 6.03 Å². The van der Waals surface area contributed by atoms with Crippen LogP contribution in [0.1, 0.15) is 27.2 Å². The van der Waals surface area contributed by atoms with Crippen LogP contribution < -0.4 is 5.32 Å². The summed E-state index contributed by atoms with van der Waals surface area (Å²) in [6, 6.07) is 7.65. The molecule has 2 amide bonds. The first kappa shape index (κ1) is 16.9. The molecule has 112 valence electrons. The van der Waals surface area contributed by atoms with Gasteiger partial charge in [0.1, 0.15) is 0 Å². The highest BCUT2D eigenvalue weighted by molar-refractivity contribution is 8.00. The molecule has 1 rings (SSSR count). The van der Waals surface area contributed by atoms with Gasteiger partial charge in [-0.15, -0.1) is 11.8 Å². The van der Waals surface area contributed by atoms with Gasteiger partial charge in [-0.05, 0) is 25.5 Å². The highest BCUT2D eigenvalue weighted by Gasteiger charge is 2.12. The predicted octanol–water partition coefficient (Wildman–Crippen LogP) is 3.42. The second kappa shape index (κ2) is 8.17. The van der Waals surface area contributed by atoms with Crippen LogP contribution in [0.5, 0.6) is 0 Å². The molecule has 0 aliphatic carbocycles. The van der Waals surface area contributed by atoms with E-state index in [9.17, 15) is 9.90 Å². The average Bonchev–Trinajstić information content (AvgIpc) is 2.37. The van der Waals surface area contributed by atoms with E-state index < -0.39 is 6.10 Å². The van der Waals surface area contributed by atoms with Crippen molar-refractivity contribution < 1.29 is 9.90 Å². The van der Waals surface area contributed by atoms with E-state index in [0.29, 0.717) is 18.2 Å². The van der Waals surface area contributed by atoms with E-state index in [0.717, 1.165) is 10.6 Å². The predicted molar refractivity (Wildman–Crippen MR) is 85.4 cm³/mol. The molecule has 4 nitrogen and oxygen atoms in total. The normalized spacial score (nSPS) is 12.3. The lowest BCUT2D eigenvalue weighted by atomic mass is 10.3. The lowest BCUT2D eigenvalue weighted by molar-refractivity contribution is 0.167. The van der Waals surface area contributed by atoms with Crippen molar-refractivity contribution in [2.24, 2.45) is 0 Å². The van der Waals surface area contributed by atoms with E-state index in [-0.39, 0.29) is 6.03 Å². The van der Waals surface area contributed by atoms with Gasteiger partial charge in [0.05, 0.1) is 11.8 Å². The number of nitrogens with one attached hydrogen (secondary N) is 1. The van der Waals surface area contributed by atoms with Gasteiger partial charge in [0.25, 0.3) is 0 Å². The number of hydrogen-bond donors (Lipinski definition) is 2. The summed E-state index contributed by atoms with van der Waals surface area (Å²) in [6.07, 6.45) is 0.181. The SMILES string of the molecule is CC(O)CCN(C)C(=O)Nc1ccccc1SC(C)C. The number of hydrogen-bond acceptors (Lipinski definition) is 3. The van der Waals surface area contributed by atoms with Crippen LogP contribution in [-0.4, -0.2) is 41.0 Å². The highest BCUT2D eigenvalue weighted by atomic mass is 32.2. The maximum atomic E-state index is 12.1. The molecule has 2 N–H and O–H groups in total. The summed E-state index contributed by atoms with van der Waals surface area (Å²) in [5.41, 5.74) is 0.833. The number of carbonyl (C=O) groups is 1. The molecule has 0 radical (unpaired) electrons. The molecule has 0 aliphatic heterocycles. The molecule has 0 saturated carbocycles. The minimum absolute atomic E-state index is 0.151. The van der Waals surface area contributed by atoms with Crippen LogP contribution in [0.15, 0.2) is 29.2 Å². The molecular weight excluding hydrogens is 272 g/mol. The van der Waals surface area contributed by atoms with Gasteiger partial charge in [0.2, 0.25) is 0 Å². The van der Waals surface area contributed by atoms with Crippen LogP contribution in [-0.2, 0) is 0 Å². The van der Waals surface area contributed by atoms with Crippen molar-refractivity contribution >= 4 is 23.5 Å². The molecule has 0 heterocycles. The molecule has 0 aromatic heterocycles. The minimum Gasteiger partial charge on any atom is -0.393 e. The van der Waals surface area contributed by atoms with Crippen molar-refractivity contribution in [2.75, 3.05) is 18.9 Å². The average molecular weight is 296 g/mol. The van der Waals surface area contributed by atoms with Crippen LogP contribution in [0.3, 0.4) is 0 Å². The number of nitrogens with zero attached hydrogens (tertiary/aromatic N) is 1. The number of carbonyl (C=O) groups excluding carboxylic acids is 1. The first-order valence-electron chi connectivity index (χ1n) is 6.86. The van der Waals surface area contributed by atoms with Crippen LogP contribution >= 0.6 is 11.8 Å². The van der Waals surface area contributed by atoms with E-state index in [1.165, 1.54) is 0 Å². The summed E-state index contributed by atoms with van der Waals surface area (Å²) < 4.78 is 0. The third kappa shape index (κ3) is 5.84. The molecule has 1 aromatic rings. The molecule has 1 unspecified atom stereocenters. The molecule has 5 heteroatoms. The van der Waals surface area contributed by atoms with Gasteiger partial charge in [0.15, 0.2) is 0 Å². The number of aliphatic hydroxyl groups is 1. The van der Waals surface area contributed by atoms with Gasteiger partial charge in [-0.25, -0.2) is 4.79 Å². The van der Waals surface area contributed by atoms with Gasteiger partial charge in [0, 0.05) is 23.7 Å². The second-order valence-electron chi connectivity index (χ2n) is 5.15. The van der Waals surface area contributed by atoms with Crippen molar-refractivity contribution in [3.8, 4) is 0 Å². The lowest BCUT2D eigenvalue weighted by Gasteiger charge is -2.20. The number of thioether (sulfide) groups is 1. The molecule has 0 spiro atoms. The lowest BCUT2D eigenvalue weighted by Crippen LogP contribution is -2.33. The fourth-order valence-corrected chi connectivity index (χ4v) is 2.53. The van der Waals surface area contributed by atoms with E-state index >= 15 is 0 Å². The zero-order valence-corrected chi connectivity index (χ0v) is 13.4. The third-order valence-corrected chi connectivity index (χ3v) is 3.80. The Morgan fingerprint density at radius 1 is 1.35 bits per heavy atom. The highest BCUT2D eigenvalue weighted by Crippen LogP contribution is 2.30. The number of anilines is 1. The van der Waals surface area contributed by atoms with Gasteiger partial charge in [-0.2, -0.15) is 0 Å². The van der Waals surface area contributed by atoms with E-state index in [1.807, 2.05) is 24.3 Å². The summed E-state index contributed by atoms with van der Waals surface area (Å²) in [4.78, 5) is 14.7. The molecule has 0 fully saturated rings. The van der Waals surface area contributed by atoms with Crippen LogP contribution in [0, 0.1) is 0 Å². The van der Waals surface area contributed by atoms with E-state index in [2.05, 4.69) is 19.2 Å². The fourth-order valence-electron chi connectivity index (χ4n) is 1.62. The van der Waals surface area contributed by atoms with Crippen LogP contribution in [0.2, 0.25) is 0 Å². The number of benzene rings is 1. The summed E-state index contributed by atoms with van der Waals surface area (Å²) in [7, 11) is 1.73. The standard InChI is InChI=1S/C15H24N2O2S/c1-11(2)20-14-8-6-5-7-13(14)16-15(19)17(4)10-9-12(3)18/h5-8,11-12,18H,9-10H2,1-4H3,(H,16,19). The van der Waals surface area contributed by atoms with Crippen LogP contribution in [0.25, 0.3) is 0 Å². The van der Waals surface area contributed by atoms with Crippen molar-refractivity contribution in [3.63, 3.8) is 0 Å². The Morgan fingerprint density at radius 2 is 2.00 bits per heavy atom. The van der Waals surface area contributed by atoms with Gasteiger partial charge in [-0.1, -0.05) is 26.0 Å². The van der Waals surface area contributed by atoms with Crippen molar-refractivity contribution in [3.05, 3.63) is 24.3 Å². The summed E-state index contributed by atoms with van der Waals surface area (Å²) in [5, 5.41) is 12.6. The molecule has 1 atom stereocenters. The molecule has 0 bridgehead atoms. The topological polar surface area (TPSA) is 52.6 Å². The maximum absolute atomic E-state index is 12.1. The number of rotatable bonds is 6. The Labute approximate surface area is 125 Å². The van der Waals surface area contributed by atoms with Crippen molar-refractivity contribution in [2.45, 2.75) is 43.4 Å². The third-order valence-electron chi connectivity index (χ3n) is 2.72. The smallest absolute Gasteiger partial charge is 0.321 e. The summed E-state index contributed by atoms with van der Waals surface area (Å²) >= 11 is 1.72. The quantitative estimate of drug-likeness (QED) is 0.791. The molecule has 0 saturated heterocycles. The molecule has 1 aromatic carbocycles. The van der Waals surface area contributed by atoms with Crippen molar-refractivity contribution in [1.82, 2.24) is 4.90 Å². The second-order valence-corrected chi connectivity index (χ2v) is 6.77. The zero-order valence-electron chi connectivity index (χ0n) is 12.6. The summed E-state index contributed by atoms with van der Waals surface area (Å²) in [6.45, 7) is 6.50. The number of amides is 2. The zero-order chi connectivity index (χ0) is 15.1. The Kier molecular flexibility index (Phi) is 6.88. The summed E-state index contributed by atoms with van der Waals surface area (Å²) in [5.74, 6) is 0. The van der Waals surface area contributed by atoms with Gasteiger partial charge < -0.3 is 15.3 Å². The fraction of sp³-hybridized carbons (Fsp3) is 0.533. The Hall–Kier alpha value is -1.20. The van der Waals surface area contributed by atoms with Gasteiger partial charge in [-0.3, -0.25) is 0 Å².